The molecule has 5 heteroatoms. The van der Waals surface area contributed by atoms with Gasteiger partial charge in [-0.25, -0.2) is 0 Å². The van der Waals surface area contributed by atoms with Crippen molar-refractivity contribution in [1.82, 2.24) is 5.32 Å². The number of nitrogens with one attached hydrogen (secondary N) is 1. The molecule has 1 aromatic rings. The highest BCUT2D eigenvalue weighted by Gasteiger charge is 2.32. The minimum atomic E-state index is -4.27. The SMILES string of the molecule is CC1CCN(c2ccc(C(F)(F)F)cc2CNC2CC2)CC1. The number of nitrogens with zero attached hydrogens (tertiary/aromatic N) is 1. The molecule has 2 nitrogen and oxygen atoms in total. The van der Waals surface area contributed by atoms with Gasteiger partial charge in [0.15, 0.2) is 0 Å². The third-order valence-corrected chi connectivity index (χ3v) is 4.69. The highest BCUT2D eigenvalue weighted by Crippen LogP contribution is 2.34. The van der Waals surface area contributed by atoms with Crippen LogP contribution in [0.15, 0.2) is 18.2 Å². The summed E-state index contributed by atoms with van der Waals surface area (Å²) >= 11 is 0. The van der Waals surface area contributed by atoms with Gasteiger partial charge >= 0.3 is 6.18 Å². The molecule has 22 heavy (non-hydrogen) atoms. The van der Waals surface area contributed by atoms with E-state index in [4.69, 9.17) is 0 Å². The zero-order valence-electron chi connectivity index (χ0n) is 12.9. The van der Waals surface area contributed by atoms with E-state index >= 15 is 0 Å². The van der Waals surface area contributed by atoms with Crippen LogP contribution in [0, 0.1) is 5.92 Å². The van der Waals surface area contributed by atoms with E-state index in [1.165, 1.54) is 12.1 Å². The largest absolute Gasteiger partial charge is 0.416 e. The molecule has 3 rings (SSSR count). The van der Waals surface area contributed by atoms with Crippen molar-refractivity contribution in [2.45, 2.75) is 51.4 Å². The molecule has 0 aromatic heterocycles. The Morgan fingerprint density at radius 3 is 2.41 bits per heavy atom. The molecule has 0 unspecified atom stereocenters. The van der Waals surface area contributed by atoms with Crippen LogP contribution in [-0.4, -0.2) is 19.1 Å². The van der Waals surface area contributed by atoms with Gasteiger partial charge in [-0.15, -0.1) is 0 Å². The van der Waals surface area contributed by atoms with Crippen LogP contribution >= 0.6 is 0 Å². The highest BCUT2D eigenvalue weighted by atomic mass is 19.4. The van der Waals surface area contributed by atoms with Crippen LogP contribution in [-0.2, 0) is 12.7 Å². The first-order valence-corrected chi connectivity index (χ1v) is 8.12. The zero-order chi connectivity index (χ0) is 15.7. The van der Waals surface area contributed by atoms with Crippen LogP contribution in [0.1, 0.15) is 43.7 Å². The van der Waals surface area contributed by atoms with E-state index < -0.39 is 11.7 Å². The van der Waals surface area contributed by atoms with Gasteiger partial charge in [-0.05, 0) is 55.4 Å². The number of hydrogen-bond donors (Lipinski definition) is 1. The molecule has 1 aromatic carbocycles. The molecule has 2 fully saturated rings. The summed E-state index contributed by atoms with van der Waals surface area (Å²) in [7, 11) is 0. The molecule has 1 aliphatic carbocycles. The Morgan fingerprint density at radius 1 is 1.14 bits per heavy atom. The van der Waals surface area contributed by atoms with Gasteiger partial charge in [-0.1, -0.05) is 6.92 Å². The summed E-state index contributed by atoms with van der Waals surface area (Å²) in [6.07, 6.45) is 0.210. The minimum Gasteiger partial charge on any atom is -0.371 e. The van der Waals surface area contributed by atoms with Gasteiger partial charge in [0.25, 0.3) is 0 Å². The Kier molecular flexibility index (Phi) is 4.35. The smallest absolute Gasteiger partial charge is 0.371 e. The molecule has 1 saturated heterocycles. The van der Waals surface area contributed by atoms with Crippen molar-refractivity contribution in [3.8, 4) is 0 Å². The molecule has 1 aliphatic heterocycles. The first kappa shape index (κ1) is 15.7. The average molecular weight is 312 g/mol. The lowest BCUT2D eigenvalue weighted by Crippen LogP contribution is -2.34. The van der Waals surface area contributed by atoms with Gasteiger partial charge in [-0.3, -0.25) is 0 Å². The van der Waals surface area contributed by atoms with Gasteiger partial charge in [0.05, 0.1) is 5.56 Å². The summed E-state index contributed by atoms with van der Waals surface area (Å²) in [4.78, 5) is 2.24. The molecule has 122 valence electrons. The van der Waals surface area contributed by atoms with E-state index in [2.05, 4.69) is 17.1 Å². The Labute approximate surface area is 129 Å². The second-order valence-electron chi connectivity index (χ2n) is 6.67. The van der Waals surface area contributed by atoms with Crippen molar-refractivity contribution in [2.24, 2.45) is 5.92 Å². The summed E-state index contributed by atoms with van der Waals surface area (Å²) in [5.41, 5.74) is 1.19. The van der Waals surface area contributed by atoms with Crippen LogP contribution in [0.4, 0.5) is 18.9 Å². The third-order valence-electron chi connectivity index (χ3n) is 4.69. The molecule has 1 N–H and O–H groups in total. The molecule has 0 amide bonds. The van der Waals surface area contributed by atoms with Gasteiger partial charge in [0, 0.05) is 31.4 Å². The summed E-state index contributed by atoms with van der Waals surface area (Å²) in [6.45, 7) is 4.63. The summed E-state index contributed by atoms with van der Waals surface area (Å²) in [5.74, 6) is 0.707. The maximum atomic E-state index is 13.0. The predicted octanol–water partition coefficient (Wildman–Crippen LogP) is 4.19. The predicted molar refractivity (Wildman–Crippen MR) is 81.9 cm³/mol. The van der Waals surface area contributed by atoms with E-state index in [-0.39, 0.29) is 0 Å². The molecule has 0 atom stereocenters. The number of alkyl halides is 3. The van der Waals surface area contributed by atoms with Crippen LogP contribution in [0.2, 0.25) is 0 Å². The minimum absolute atomic E-state index is 0.490. The number of rotatable bonds is 4. The van der Waals surface area contributed by atoms with Crippen LogP contribution in [0.5, 0.6) is 0 Å². The van der Waals surface area contributed by atoms with E-state index in [1.807, 2.05) is 0 Å². The molecule has 1 heterocycles. The number of hydrogen-bond acceptors (Lipinski definition) is 2. The Bertz CT molecular complexity index is 515. The number of halogens is 3. The second kappa shape index (κ2) is 6.11. The highest BCUT2D eigenvalue weighted by molar-refractivity contribution is 5.56. The fourth-order valence-electron chi connectivity index (χ4n) is 3.00. The Hall–Kier alpha value is -1.23. The van der Waals surface area contributed by atoms with E-state index in [0.717, 1.165) is 50.0 Å². The lowest BCUT2D eigenvalue weighted by Gasteiger charge is -2.34. The molecular formula is C17H23F3N2. The van der Waals surface area contributed by atoms with Gasteiger partial charge in [0.2, 0.25) is 0 Å². The fraction of sp³-hybridized carbons (Fsp3) is 0.647. The van der Waals surface area contributed by atoms with Crippen molar-refractivity contribution < 1.29 is 13.2 Å². The van der Waals surface area contributed by atoms with Crippen LogP contribution in [0.25, 0.3) is 0 Å². The van der Waals surface area contributed by atoms with Crippen LogP contribution in [0.3, 0.4) is 0 Å². The summed E-state index contributed by atoms with van der Waals surface area (Å²) < 4.78 is 38.9. The quantitative estimate of drug-likeness (QED) is 0.896. The first-order valence-electron chi connectivity index (χ1n) is 8.12. The molecule has 0 bridgehead atoms. The maximum absolute atomic E-state index is 13.0. The maximum Gasteiger partial charge on any atom is 0.416 e. The topological polar surface area (TPSA) is 15.3 Å². The summed E-state index contributed by atoms with van der Waals surface area (Å²) in [6, 6.07) is 4.68. The Balaban J connectivity index is 1.82. The Morgan fingerprint density at radius 2 is 1.82 bits per heavy atom. The van der Waals surface area contributed by atoms with Crippen molar-refractivity contribution >= 4 is 5.69 Å². The van der Waals surface area contributed by atoms with Crippen molar-refractivity contribution in [2.75, 3.05) is 18.0 Å². The van der Waals surface area contributed by atoms with E-state index in [9.17, 15) is 13.2 Å². The lowest BCUT2D eigenvalue weighted by atomic mass is 9.97. The van der Waals surface area contributed by atoms with Crippen LogP contribution < -0.4 is 10.2 Å². The fourth-order valence-corrected chi connectivity index (χ4v) is 3.00. The monoisotopic (exact) mass is 312 g/mol. The van der Waals surface area contributed by atoms with Gasteiger partial charge in [0.1, 0.15) is 0 Å². The molecule has 0 radical (unpaired) electrons. The number of benzene rings is 1. The molecule has 0 spiro atoms. The van der Waals surface area contributed by atoms with E-state index in [0.29, 0.717) is 18.5 Å². The first-order chi connectivity index (χ1) is 10.4. The van der Waals surface area contributed by atoms with E-state index in [1.54, 1.807) is 6.07 Å². The van der Waals surface area contributed by atoms with Crippen molar-refractivity contribution in [3.63, 3.8) is 0 Å². The number of piperidine rings is 1. The lowest BCUT2D eigenvalue weighted by molar-refractivity contribution is -0.137. The van der Waals surface area contributed by atoms with Crippen molar-refractivity contribution in [1.29, 1.82) is 0 Å². The molecular weight excluding hydrogens is 289 g/mol. The van der Waals surface area contributed by atoms with Crippen molar-refractivity contribution in [3.05, 3.63) is 29.3 Å². The zero-order valence-corrected chi connectivity index (χ0v) is 12.9. The molecule has 2 aliphatic rings. The summed E-state index contributed by atoms with van der Waals surface area (Å²) in [5, 5.41) is 3.35. The van der Waals surface area contributed by atoms with Gasteiger partial charge in [-0.2, -0.15) is 13.2 Å². The third kappa shape index (κ3) is 3.75. The van der Waals surface area contributed by atoms with Gasteiger partial charge < -0.3 is 10.2 Å². The average Bonchev–Trinajstić information content (AvgIpc) is 3.29. The normalized spacial score (nSPS) is 20.5. The number of anilines is 1. The second-order valence-corrected chi connectivity index (χ2v) is 6.67. The molecule has 1 saturated carbocycles. The standard InChI is InChI=1S/C17H23F3N2/c1-12-6-8-22(9-7-12)16-5-2-14(17(18,19)20)10-13(16)11-21-15-3-4-15/h2,5,10,12,15,21H,3-4,6-9,11H2,1H3.